The van der Waals surface area contributed by atoms with Crippen molar-refractivity contribution in [1.82, 2.24) is 4.90 Å². The van der Waals surface area contributed by atoms with Crippen LogP contribution >= 0.6 is 0 Å². The fourth-order valence-corrected chi connectivity index (χ4v) is 2.96. The van der Waals surface area contributed by atoms with Crippen LogP contribution in [-0.4, -0.2) is 29.9 Å². The summed E-state index contributed by atoms with van der Waals surface area (Å²) in [6.45, 7) is 1.84. The molecule has 0 saturated heterocycles. The molecule has 2 aromatic rings. The second-order valence-electron chi connectivity index (χ2n) is 6.21. The molecule has 5 nitrogen and oxygen atoms in total. The van der Waals surface area contributed by atoms with E-state index >= 15 is 0 Å². The van der Waals surface area contributed by atoms with E-state index in [1.165, 1.54) is 17.2 Å². The van der Waals surface area contributed by atoms with Crippen LogP contribution in [0.3, 0.4) is 0 Å². The first-order valence-electron chi connectivity index (χ1n) is 8.48. The summed E-state index contributed by atoms with van der Waals surface area (Å²) in [5, 5.41) is 0. The minimum atomic E-state index is -0.495. The largest absolute Gasteiger partial charge is 0.497 e. The van der Waals surface area contributed by atoms with Gasteiger partial charge in [-0.3, -0.25) is 9.69 Å². The predicted molar refractivity (Wildman–Crippen MR) is 98.1 cm³/mol. The zero-order valence-electron chi connectivity index (χ0n) is 14.8. The van der Waals surface area contributed by atoms with E-state index in [1.807, 2.05) is 37.3 Å². The number of carbonyl (C=O) groups is 2. The summed E-state index contributed by atoms with van der Waals surface area (Å²) in [5.41, 5.74) is 1.02. The highest BCUT2D eigenvalue weighted by atomic mass is 16.6. The molecule has 0 fully saturated rings. The molecule has 0 spiro atoms. The van der Waals surface area contributed by atoms with Crippen molar-refractivity contribution in [3.05, 3.63) is 72.4 Å². The fraction of sp³-hybridized carbons (Fsp3) is 0.238. The summed E-state index contributed by atoms with van der Waals surface area (Å²) >= 11 is 0. The molecule has 2 atom stereocenters. The summed E-state index contributed by atoms with van der Waals surface area (Å²) in [5.74, 6) is 0.929. The van der Waals surface area contributed by atoms with E-state index in [4.69, 9.17) is 9.47 Å². The van der Waals surface area contributed by atoms with Crippen molar-refractivity contribution in [2.75, 3.05) is 7.11 Å². The predicted octanol–water partition coefficient (Wildman–Crippen LogP) is 3.84. The van der Waals surface area contributed by atoms with Crippen LogP contribution in [0.5, 0.6) is 11.5 Å². The number of para-hydroxylation sites is 1. The SMILES string of the molecule is COc1ccc(C[C@@H]2[C@@H](C)C(=O)C=CN2C(=O)Oc2ccccc2)cc1. The smallest absolute Gasteiger partial charge is 0.419 e. The van der Waals surface area contributed by atoms with Gasteiger partial charge in [0.2, 0.25) is 0 Å². The summed E-state index contributed by atoms with van der Waals surface area (Å²) in [6.07, 6.45) is 3.00. The molecular weight excluding hydrogens is 330 g/mol. The summed E-state index contributed by atoms with van der Waals surface area (Å²) in [7, 11) is 1.61. The lowest BCUT2D eigenvalue weighted by Crippen LogP contribution is -2.47. The average Bonchev–Trinajstić information content (AvgIpc) is 2.67. The number of nitrogens with zero attached hydrogens (tertiary/aromatic N) is 1. The average molecular weight is 351 g/mol. The Morgan fingerprint density at radius 1 is 1.04 bits per heavy atom. The van der Waals surface area contributed by atoms with Crippen molar-refractivity contribution in [3.63, 3.8) is 0 Å². The van der Waals surface area contributed by atoms with Gasteiger partial charge in [-0.05, 0) is 42.3 Å². The van der Waals surface area contributed by atoms with Crippen molar-refractivity contribution >= 4 is 11.9 Å². The Hall–Kier alpha value is -3.08. The number of carbonyl (C=O) groups excluding carboxylic acids is 2. The third-order valence-electron chi connectivity index (χ3n) is 4.55. The number of rotatable bonds is 4. The van der Waals surface area contributed by atoms with Gasteiger partial charge in [0.05, 0.1) is 13.2 Å². The molecule has 0 radical (unpaired) electrons. The molecular formula is C21H21NO4. The molecule has 0 unspecified atom stereocenters. The molecule has 3 rings (SSSR count). The van der Waals surface area contributed by atoms with Gasteiger partial charge in [-0.2, -0.15) is 0 Å². The van der Waals surface area contributed by atoms with Crippen molar-refractivity contribution in [1.29, 1.82) is 0 Å². The monoisotopic (exact) mass is 351 g/mol. The number of ether oxygens (including phenoxy) is 2. The van der Waals surface area contributed by atoms with Crippen LogP contribution in [0.2, 0.25) is 0 Å². The molecule has 1 heterocycles. The van der Waals surface area contributed by atoms with Crippen LogP contribution in [0.1, 0.15) is 12.5 Å². The first-order chi connectivity index (χ1) is 12.6. The van der Waals surface area contributed by atoms with E-state index in [9.17, 15) is 9.59 Å². The number of methoxy groups -OCH3 is 1. The lowest BCUT2D eigenvalue weighted by Gasteiger charge is -2.34. The van der Waals surface area contributed by atoms with Crippen LogP contribution in [0.25, 0.3) is 0 Å². The molecule has 1 aliphatic heterocycles. The first-order valence-corrected chi connectivity index (χ1v) is 8.48. The zero-order chi connectivity index (χ0) is 18.5. The quantitative estimate of drug-likeness (QED) is 0.840. The van der Waals surface area contributed by atoms with E-state index < -0.39 is 6.09 Å². The van der Waals surface area contributed by atoms with E-state index in [-0.39, 0.29) is 17.7 Å². The molecule has 1 amide bonds. The Morgan fingerprint density at radius 2 is 1.73 bits per heavy atom. The van der Waals surface area contributed by atoms with Crippen molar-refractivity contribution in [2.45, 2.75) is 19.4 Å². The first kappa shape index (κ1) is 17.7. The molecule has 0 aliphatic carbocycles. The Balaban J connectivity index is 1.80. The maximum absolute atomic E-state index is 12.6. The Morgan fingerprint density at radius 3 is 2.38 bits per heavy atom. The fourth-order valence-electron chi connectivity index (χ4n) is 2.96. The maximum Gasteiger partial charge on any atom is 0.419 e. The van der Waals surface area contributed by atoms with Gasteiger partial charge in [-0.15, -0.1) is 0 Å². The van der Waals surface area contributed by atoms with Crippen LogP contribution in [0.15, 0.2) is 66.9 Å². The molecule has 0 saturated carbocycles. The van der Waals surface area contributed by atoms with Gasteiger partial charge in [-0.25, -0.2) is 4.79 Å². The van der Waals surface area contributed by atoms with Crippen molar-refractivity contribution < 1.29 is 19.1 Å². The van der Waals surface area contributed by atoms with Crippen LogP contribution < -0.4 is 9.47 Å². The highest BCUT2D eigenvalue weighted by Gasteiger charge is 2.34. The van der Waals surface area contributed by atoms with Gasteiger partial charge in [0.25, 0.3) is 0 Å². The summed E-state index contributed by atoms with van der Waals surface area (Å²) < 4.78 is 10.6. The Bertz CT molecular complexity index is 799. The summed E-state index contributed by atoms with van der Waals surface area (Å²) in [6, 6.07) is 16.2. The van der Waals surface area contributed by atoms with Gasteiger partial charge in [0, 0.05) is 12.1 Å². The number of allylic oxidation sites excluding steroid dienone is 1. The highest BCUT2D eigenvalue weighted by molar-refractivity contribution is 5.94. The topological polar surface area (TPSA) is 55.8 Å². The Kier molecular flexibility index (Phi) is 5.37. The second-order valence-corrected chi connectivity index (χ2v) is 6.21. The molecule has 0 aromatic heterocycles. The Labute approximate surface area is 152 Å². The van der Waals surface area contributed by atoms with Gasteiger partial charge < -0.3 is 9.47 Å². The molecule has 5 heteroatoms. The van der Waals surface area contributed by atoms with Gasteiger partial charge >= 0.3 is 6.09 Å². The second kappa shape index (κ2) is 7.87. The van der Waals surface area contributed by atoms with Crippen molar-refractivity contribution in [3.8, 4) is 11.5 Å². The van der Waals surface area contributed by atoms with E-state index in [1.54, 1.807) is 31.4 Å². The van der Waals surface area contributed by atoms with Gasteiger partial charge in [0.1, 0.15) is 11.5 Å². The van der Waals surface area contributed by atoms with E-state index in [0.717, 1.165) is 11.3 Å². The minimum Gasteiger partial charge on any atom is -0.497 e. The molecule has 1 aliphatic rings. The number of ketones is 1. The number of amides is 1. The number of hydrogen-bond donors (Lipinski definition) is 0. The number of benzene rings is 2. The third kappa shape index (κ3) is 3.94. The molecule has 0 bridgehead atoms. The van der Waals surface area contributed by atoms with Crippen LogP contribution in [-0.2, 0) is 11.2 Å². The van der Waals surface area contributed by atoms with Crippen molar-refractivity contribution in [2.24, 2.45) is 5.92 Å². The maximum atomic E-state index is 12.6. The van der Waals surface area contributed by atoms with E-state index in [2.05, 4.69) is 0 Å². The molecule has 26 heavy (non-hydrogen) atoms. The zero-order valence-corrected chi connectivity index (χ0v) is 14.8. The molecule has 134 valence electrons. The lowest BCUT2D eigenvalue weighted by molar-refractivity contribution is -0.120. The standard InChI is InChI=1S/C21H21NO4/c1-15-19(14-16-8-10-17(25-2)11-9-16)22(13-12-20(15)23)21(24)26-18-6-4-3-5-7-18/h3-13,15,19H,14H2,1-2H3/t15-,19-/m1/s1. The van der Waals surface area contributed by atoms with Gasteiger partial charge in [-0.1, -0.05) is 37.3 Å². The van der Waals surface area contributed by atoms with E-state index in [0.29, 0.717) is 12.2 Å². The van der Waals surface area contributed by atoms with Crippen LogP contribution in [0.4, 0.5) is 4.79 Å². The normalized spacial score (nSPS) is 19.3. The minimum absolute atomic E-state index is 0.00673. The molecule has 0 N–H and O–H groups in total. The third-order valence-corrected chi connectivity index (χ3v) is 4.55. The number of hydrogen-bond acceptors (Lipinski definition) is 4. The van der Waals surface area contributed by atoms with Gasteiger partial charge in [0.15, 0.2) is 5.78 Å². The summed E-state index contributed by atoms with van der Waals surface area (Å²) in [4.78, 5) is 26.3. The van der Waals surface area contributed by atoms with Crippen LogP contribution in [0, 0.1) is 5.92 Å². The highest BCUT2D eigenvalue weighted by Crippen LogP contribution is 2.25. The lowest BCUT2D eigenvalue weighted by atomic mass is 9.88. The molecule has 2 aromatic carbocycles.